The standard InChI is InChI=1S/C19H19NO2/c1-4-13-6-8-18(22-3)14(10-13)11-16-15-9-12(2)5-7-17(15)20-19(16)21/h5-11H,4H2,1-3H3,(H,20,21)/b16-11+. The highest BCUT2D eigenvalue weighted by molar-refractivity contribution is 6.35. The number of nitrogens with one attached hydrogen (secondary N) is 1. The largest absolute Gasteiger partial charge is 0.496 e. The van der Waals surface area contributed by atoms with E-state index < -0.39 is 0 Å². The van der Waals surface area contributed by atoms with E-state index in [1.54, 1.807) is 7.11 Å². The lowest BCUT2D eigenvalue weighted by atomic mass is 10.00. The van der Waals surface area contributed by atoms with Gasteiger partial charge in [0.25, 0.3) is 5.91 Å². The Balaban J connectivity index is 2.13. The second kappa shape index (κ2) is 5.68. The first kappa shape index (κ1) is 14.4. The number of rotatable bonds is 3. The van der Waals surface area contributed by atoms with E-state index in [1.807, 2.05) is 43.3 Å². The fourth-order valence-corrected chi connectivity index (χ4v) is 2.72. The summed E-state index contributed by atoms with van der Waals surface area (Å²) in [6.07, 6.45) is 2.86. The molecule has 2 aromatic rings. The number of amides is 1. The maximum Gasteiger partial charge on any atom is 0.256 e. The normalized spacial score (nSPS) is 14.9. The Morgan fingerprint density at radius 2 is 2.00 bits per heavy atom. The van der Waals surface area contributed by atoms with Crippen LogP contribution < -0.4 is 10.1 Å². The van der Waals surface area contributed by atoms with Gasteiger partial charge in [0.2, 0.25) is 0 Å². The second-order valence-electron chi connectivity index (χ2n) is 5.49. The van der Waals surface area contributed by atoms with Gasteiger partial charge in [0.15, 0.2) is 0 Å². The minimum absolute atomic E-state index is 0.0652. The molecule has 1 heterocycles. The first-order chi connectivity index (χ1) is 10.6. The molecule has 0 radical (unpaired) electrons. The summed E-state index contributed by atoms with van der Waals surface area (Å²) in [5.41, 5.74) is 5.79. The lowest BCUT2D eigenvalue weighted by molar-refractivity contribution is -0.110. The number of methoxy groups -OCH3 is 1. The van der Waals surface area contributed by atoms with E-state index in [0.29, 0.717) is 5.57 Å². The van der Waals surface area contributed by atoms with Crippen LogP contribution in [0.4, 0.5) is 5.69 Å². The van der Waals surface area contributed by atoms with Gasteiger partial charge in [-0.25, -0.2) is 0 Å². The Kier molecular flexibility index (Phi) is 3.72. The SMILES string of the molecule is CCc1ccc(OC)c(/C=C2/C(=O)Nc3ccc(C)cc32)c1. The van der Waals surface area contributed by atoms with Crippen molar-refractivity contribution in [3.8, 4) is 5.75 Å². The molecule has 1 aliphatic heterocycles. The molecule has 1 N–H and O–H groups in total. The van der Waals surface area contributed by atoms with Gasteiger partial charge in [0, 0.05) is 22.4 Å². The zero-order chi connectivity index (χ0) is 15.7. The summed E-state index contributed by atoms with van der Waals surface area (Å²) in [7, 11) is 1.65. The molecule has 2 aromatic carbocycles. The molecule has 0 unspecified atom stereocenters. The van der Waals surface area contributed by atoms with Gasteiger partial charge in [-0.15, -0.1) is 0 Å². The Bertz CT molecular complexity index is 775. The minimum Gasteiger partial charge on any atom is -0.496 e. The molecule has 112 valence electrons. The van der Waals surface area contributed by atoms with Crippen LogP contribution in [0.15, 0.2) is 36.4 Å². The van der Waals surface area contributed by atoms with Gasteiger partial charge in [-0.3, -0.25) is 4.79 Å². The molecule has 0 saturated carbocycles. The molecular weight excluding hydrogens is 274 g/mol. The third-order valence-corrected chi connectivity index (χ3v) is 3.96. The molecule has 22 heavy (non-hydrogen) atoms. The van der Waals surface area contributed by atoms with E-state index in [1.165, 1.54) is 5.56 Å². The molecule has 1 aliphatic rings. The summed E-state index contributed by atoms with van der Waals surface area (Å²) in [6, 6.07) is 12.1. The monoisotopic (exact) mass is 293 g/mol. The Hall–Kier alpha value is -2.55. The van der Waals surface area contributed by atoms with E-state index in [0.717, 1.165) is 34.5 Å². The zero-order valence-electron chi connectivity index (χ0n) is 13.1. The van der Waals surface area contributed by atoms with Crippen molar-refractivity contribution in [1.82, 2.24) is 0 Å². The summed E-state index contributed by atoms with van der Waals surface area (Å²) < 4.78 is 5.43. The number of benzene rings is 2. The van der Waals surface area contributed by atoms with Gasteiger partial charge in [-0.2, -0.15) is 0 Å². The zero-order valence-corrected chi connectivity index (χ0v) is 13.1. The van der Waals surface area contributed by atoms with E-state index >= 15 is 0 Å². The number of hydrogen-bond donors (Lipinski definition) is 1. The third kappa shape index (κ3) is 2.50. The van der Waals surface area contributed by atoms with E-state index in [4.69, 9.17) is 4.74 Å². The molecule has 3 heteroatoms. The average Bonchev–Trinajstić information content (AvgIpc) is 2.83. The van der Waals surface area contributed by atoms with Crippen LogP contribution in [0.5, 0.6) is 5.75 Å². The molecule has 0 aromatic heterocycles. The van der Waals surface area contributed by atoms with Crippen molar-refractivity contribution < 1.29 is 9.53 Å². The lowest BCUT2D eigenvalue weighted by Crippen LogP contribution is -2.03. The molecule has 0 bridgehead atoms. The molecule has 0 saturated heterocycles. The molecule has 3 nitrogen and oxygen atoms in total. The van der Waals surface area contributed by atoms with Gasteiger partial charge in [0.05, 0.1) is 7.11 Å². The predicted molar refractivity (Wildman–Crippen MR) is 90.1 cm³/mol. The van der Waals surface area contributed by atoms with Gasteiger partial charge in [-0.05, 0) is 49.2 Å². The highest BCUT2D eigenvalue weighted by Gasteiger charge is 2.24. The topological polar surface area (TPSA) is 38.3 Å². The molecule has 1 amide bonds. The summed E-state index contributed by atoms with van der Waals surface area (Å²) in [4.78, 5) is 12.3. The van der Waals surface area contributed by atoms with E-state index in [-0.39, 0.29) is 5.91 Å². The molecular formula is C19H19NO2. The lowest BCUT2D eigenvalue weighted by Gasteiger charge is -2.08. The summed E-state index contributed by atoms with van der Waals surface area (Å²) in [5.74, 6) is 0.711. The minimum atomic E-state index is -0.0652. The number of carbonyl (C=O) groups is 1. The summed E-state index contributed by atoms with van der Waals surface area (Å²) >= 11 is 0. The summed E-state index contributed by atoms with van der Waals surface area (Å²) in [5, 5.41) is 2.91. The van der Waals surface area contributed by atoms with Crippen molar-refractivity contribution in [3.63, 3.8) is 0 Å². The Morgan fingerprint density at radius 1 is 1.18 bits per heavy atom. The summed E-state index contributed by atoms with van der Waals surface area (Å²) in [6.45, 7) is 4.14. The Labute approximate surface area is 130 Å². The maximum absolute atomic E-state index is 12.3. The molecule has 0 aliphatic carbocycles. The molecule has 0 fully saturated rings. The van der Waals surface area contributed by atoms with Gasteiger partial charge in [0.1, 0.15) is 5.75 Å². The number of fused-ring (bicyclic) bond motifs is 1. The number of anilines is 1. The number of ether oxygens (including phenoxy) is 1. The van der Waals surface area contributed by atoms with Crippen molar-refractivity contribution in [2.24, 2.45) is 0 Å². The third-order valence-electron chi connectivity index (χ3n) is 3.96. The van der Waals surface area contributed by atoms with Gasteiger partial charge in [-0.1, -0.05) is 24.6 Å². The predicted octanol–water partition coefficient (Wildman–Crippen LogP) is 4.06. The van der Waals surface area contributed by atoms with Crippen molar-refractivity contribution in [3.05, 3.63) is 58.7 Å². The highest BCUT2D eigenvalue weighted by Crippen LogP contribution is 2.35. The van der Waals surface area contributed by atoms with Crippen molar-refractivity contribution in [1.29, 1.82) is 0 Å². The highest BCUT2D eigenvalue weighted by atomic mass is 16.5. The van der Waals surface area contributed by atoms with E-state index in [9.17, 15) is 4.79 Å². The smallest absolute Gasteiger partial charge is 0.256 e. The molecule has 0 atom stereocenters. The second-order valence-corrected chi connectivity index (χ2v) is 5.49. The first-order valence-corrected chi connectivity index (χ1v) is 7.43. The molecule has 0 spiro atoms. The number of carbonyl (C=O) groups excluding carboxylic acids is 1. The van der Waals surface area contributed by atoms with Crippen LogP contribution >= 0.6 is 0 Å². The van der Waals surface area contributed by atoms with Crippen LogP contribution in [0, 0.1) is 6.92 Å². The van der Waals surface area contributed by atoms with Crippen LogP contribution in [0.25, 0.3) is 11.6 Å². The number of aryl methyl sites for hydroxylation is 2. The van der Waals surface area contributed by atoms with Crippen LogP contribution in [-0.2, 0) is 11.2 Å². The Morgan fingerprint density at radius 3 is 2.73 bits per heavy atom. The van der Waals surface area contributed by atoms with Crippen LogP contribution in [-0.4, -0.2) is 13.0 Å². The van der Waals surface area contributed by atoms with Crippen molar-refractivity contribution in [2.45, 2.75) is 20.3 Å². The van der Waals surface area contributed by atoms with Crippen molar-refractivity contribution >= 4 is 23.2 Å². The van der Waals surface area contributed by atoms with Crippen molar-refractivity contribution in [2.75, 3.05) is 12.4 Å². The first-order valence-electron chi connectivity index (χ1n) is 7.43. The van der Waals surface area contributed by atoms with E-state index in [2.05, 4.69) is 18.3 Å². The van der Waals surface area contributed by atoms with Gasteiger partial charge < -0.3 is 10.1 Å². The molecule has 3 rings (SSSR count). The fourth-order valence-electron chi connectivity index (χ4n) is 2.72. The van der Waals surface area contributed by atoms with Crippen LogP contribution in [0.2, 0.25) is 0 Å². The van der Waals surface area contributed by atoms with Gasteiger partial charge >= 0.3 is 0 Å². The van der Waals surface area contributed by atoms with Crippen LogP contribution in [0.3, 0.4) is 0 Å². The quantitative estimate of drug-likeness (QED) is 0.867. The average molecular weight is 293 g/mol. The maximum atomic E-state index is 12.3. The fraction of sp³-hybridized carbons (Fsp3) is 0.211. The van der Waals surface area contributed by atoms with Crippen LogP contribution in [0.1, 0.15) is 29.2 Å². The number of hydrogen-bond acceptors (Lipinski definition) is 2.